The van der Waals surface area contributed by atoms with Crippen molar-refractivity contribution >= 4 is 5.95 Å². The summed E-state index contributed by atoms with van der Waals surface area (Å²) in [6, 6.07) is 0.690. The summed E-state index contributed by atoms with van der Waals surface area (Å²) in [6.07, 6.45) is 4.49. The van der Waals surface area contributed by atoms with Gasteiger partial charge < -0.3 is 9.88 Å². The van der Waals surface area contributed by atoms with Gasteiger partial charge in [0.25, 0.3) is 0 Å². The van der Waals surface area contributed by atoms with E-state index >= 15 is 0 Å². The lowest BCUT2D eigenvalue weighted by molar-refractivity contribution is 0.866. The summed E-state index contributed by atoms with van der Waals surface area (Å²) < 4.78 is 2.08. The summed E-state index contributed by atoms with van der Waals surface area (Å²) in [6.45, 7) is 2.06. The molecule has 0 amide bonds. The lowest BCUT2D eigenvalue weighted by Crippen LogP contribution is -2.07. The predicted molar refractivity (Wildman–Crippen MR) is 44.6 cm³/mol. The summed E-state index contributed by atoms with van der Waals surface area (Å²) in [5.41, 5.74) is 1.20. The van der Waals surface area contributed by atoms with Crippen molar-refractivity contribution in [2.75, 3.05) is 5.32 Å². The molecule has 0 spiro atoms. The van der Waals surface area contributed by atoms with Crippen molar-refractivity contribution in [1.29, 1.82) is 0 Å². The topological polar surface area (TPSA) is 29.9 Å². The van der Waals surface area contributed by atoms with E-state index in [1.165, 1.54) is 18.5 Å². The fourth-order valence-electron chi connectivity index (χ4n) is 1.04. The second-order valence-corrected chi connectivity index (χ2v) is 3.20. The van der Waals surface area contributed by atoms with Gasteiger partial charge in [-0.15, -0.1) is 0 Å². The largest absolute Gasteiger partial charge is 0.353 e. The Bertz CT molecular complexity index is 260. The van der Waals surface area contributed by atoms with Crippen molar-refractivity contribution in [3.8, 4) is 0 Å². The minimum atomic E-state index is 0.690. The molecule has 60 valence electrons. The van der Waals surface area contributed by atoms with Crippen molar-refractivity contribution in [3.05, 3.63) is 11.9 Å². The molecule has 1 aliphatic carbocycles. The van der Waals surface area contributed by atoms with Gasteiger partial charge >= 0.3 is 0 Å². The van der Waals surface area contributed by atoms with Crippen molar-refractivity contribution in [3.63, 3.8) is 0 Å². The van der Waals surface area contributed by atoms with Gasteiger partial charge in [0.15, 0.2) is 0 Å². The summed E-state index contributed by atoms with van der Waals surface area (Å²) >= 11 is 0. The van der Waals surface area contributed by atoms with Gasteiger partial charge in [-0.2, -0.15) is 0 Å². The van der Waals surface area contributed by atoms with Crippen LogP contribution in [-0.2, 0) is 7.05 Å². The summed E-state index contributed by atoms with van der Waals surface area (Å²) in [5, 5.41) is 3.36. The summed E-state index contributed by atoms with van der Waals surface area (Å²) in [7, 11) is 2.03. The molecule has 0 radical (unpaired) electrons. The maximum absolute atomic E-state index is 4.25. The Morgan fingerprint density at radius 2 is 2.36 bits per heavy atom. The number of hydrogen-bond donors (Lipinski definition) is 1. The molecule has 3 nitrogen and oxygen atoms in total. The Balaban J connectivity index is 2.15. The highest BCUT2D eigenvalue weighted by Gasteiger charge is 2.22. The number of nitrogens with zero attached hydrogens (tertiary/aromatic N) is 2. The highest BCUT2D eigenvalue weighted by atomic mass is 15.2. The van der Waals surface area contributed by atoms with Gasteiger partial charge in [0.2, 0.25) is 5.95 Å². The molecule has 1 aromatic rings. The average Bonchev–Trinajstić information content (AvgIpc) is 2.74. The molecule has 0 bridgehead atoms. The fraction of sp³-hybridized carbons (Fsp3) is 0.625. The maximum Gasteiger partial charge on any atom is 0.202 e. The SMILES string of the molecule is Cc1cnc(NC2CC2)n1C. The first-order valence-electron chi connectivity index (χ1n) is 4.02. The van der Waals surface area contributed by atoms with Crippen LogP contribution >= 0.6 is 0 Å². The smallest absolute Gasteiger partial charge is 0.202 e. The van der Waals surface area contributed by atoms with Crippen molar-refractivity contribution in [2.24, 2.45) is 7.05 Å². The highest BCUT2D eigenvalue weighted by Crippen LogP contribution is 2.23. The van der Waals surface area contributed by atoms with Gasteiger partial charge in [0, 0.05) is 18.8 Å². The molecule has 1 aromatic heterocycles. The monoisotopic (exact) mass is 151 g/mol. The average molecular weight is 151 g/mol. The van der Waals surface area contributed by atoms with Gasteiger partial charge in [-0.25, -0.2) is 4.98 Å². The van der Waals surface area contributed by atoms with Gasteiger partial charge in [0.05, 0.1) is 6.20 Å². The van der Waals surface area contributed by atoms with E-state index in [-0.39, 0.29) is 0 Å². The number of rotatable bonds is 2. The lowest BCUT2D eigenvalue weighted by atomic mass is 10.5. The van der Waals surface area contributed by atoms with E-state index in [0.717, 1.165) is 5.95 Å². The molecule has 0 atom stereocenters. The van der Waals surface area contributed by atoms with E-state index in [1.807, 2.05) is 13.2 Å². The van der Waals surface area contributed by atoms with Crippen LogP contribution in [0.3, 0.4) is 0 Å². The summed E-state index contributed by atoms with van der Waals surface area (Å²) in [5.74, 6) is 1.00. The number of aromatic nitrogens is 2. The zero-order chi connectivity index (χ0) is 7.84. The molecule has 1 saturated carbocycles. The van der Waals surface area contributed by atoms with Crippen LogP contribution in [0.4, 0.5) is 5.95 Å². The predicted octanol–water partition coefficient (Wildman–Crippen LogP) is 1.30. The van der Waals surface area contributed by atoms with Crippen LogP contribution in [0.1, 0.15) is 18.5 Å². The molecule has 0 saturated heterocycles. The Morgan fingerprint density at radius 1 is 1.64 bits per heavy atom. The van der Waals surface area contributed by atoms with Crippen LogP contribution in [0.2, 0.25) is 0 Å². The van der Waals surface area contributed by atoms with Gasteiger partial charge in [-0.1, -0.05) is 0 Å². The quantitative estimate of drug-likeness (QED) is 0.690. The second kappa shape index (κ2) is 2.26. The molecule has 1 aliphatic rings. The van der Waals surface area contributed by atoms with Crippen LogP contribution in [0.5, 0.6) is 0 Å². The van der Waals surface area contributed by atoms with Crippen molar-refractivity contribution in [2.45, 2.75) is 25.8 Å². The molecule has 1 fully saturated rings. The number of anilines is 1. The molecule has 3 heteroatoms. The Labute approximate surface area is 66.4 Å². The van der Waals surface area contributed by atoms with Gasteiger partial charge in [-0.3, -0.25) is 0 Å². The molecule has 1 heterocycles. The maximum atomic E-state index is 4.25. The van der Waals surface area contributed by atoms with Crippen LogP contribution in [-0.4, -0.2) is 15.6 Å². The molecule has 0 aliphatic heterocycles. The molecular formula is C8H13N3. The number of imidazole rings is 1. The molecule has 1 N–H and O–H groups in total. The molecular weight excluding hydrogens is 138 g/mol. The zero-order valence-electron chi connectivity index (χ0n) is 6.96. The molecule has 2 rings (SSSR count). The normalized spacial score (nSPS) is 16.9. The highest BCUT2D eigenvalue weighted by molar-refractivity contribution is 5.31. The van der Waals surface area contributed by atoms with E-state index in [0.29, 0.717) is 6.04 Å². The second-order valence-electron chi connectivity index (χ2n) is 3.20. The third-order valence-electron chi connectivity index (χ3n) is 2.13. The first kappa shape index (κ1) is 6.70. The van der Waals surface area contributed by atoms with Crippen molar-refractivity contribution in [1.82, 2.24) is 9.55 Å². The molecule has 0 aromatic carbocycles. The van der Waals surface area contributed by atoms with E-state index < -0.39 is 0 Å². The van der Waals surface area contributed by atoms with Crippen LogP contribution in [0.25, 0.3) is 0 Å². The third kappa shape index (κ3) is 1.23. The van der Waals surface area contributed by atoms with E-state index in [4.69, 9.17) is 0 Å². The zero-order valence-corrected chi connectivity index (χ0v) is 6.96. The first-order chi connectivity index (χ1) is 5.27. The van der Waals surface area contributed by atoms with Crippen LogP contribution in [0.15, 0.2) is 6.20 Å². The molecule has 0 unspecified atom stereocenters. The Kier molecular flexibility index (Phi) is 1.37. The van der Waals surface area contributed by atoms with Gasteiger partial charge in [0.1, 0.15) is 0 Å². The number of hydrogen-bond acceptors (Lipinski definition) is 2. The standard InChI is InChI=1S/C8H13N3/c1-6-5-9-8(11(6)2)10-7-3-4-7/h5,7H,3-4H2,1-2H3,(H,9,10). The third-order valence-corrected chi connectivity index (χ3v) is 2.13. The first-order valence-corrected chi connectivity index (χ1v) is 4.02. The minimum absolute atomic E-state index is 0.690. The van der Waals surface area contributed by atoms with E-state index in [1.54, 1.807) is 0 Å². The van der Waals surface area contributed by atoms with Gasteiger partial charge in [-0.05, 0) is 19.8 Å². The van der Waals surface area contributed by atoms with Crippen LogP contribution < -0.4 is 5.32 Å². The number of aryl methyl sites for hydroxylation is 1. The molecule has 11 heavy (non-hydrogen) atoms. The minimum Gasteiger partial charge on any atom is -0.353 e. The Morgan fingerprint density at radius 3 is 2.82 bits per heavy atom. The summed E-state index contributed by atoms with van der Waals surface area (Å²) in [4.78, 5) is 4.25. The van der Waals surface area contributed by atoms with Crippen molar-refractivity contribution < 1.29 is 0 Å². The lowest BCUT2D eigenvalue weighted by Gasteiger charge is -2.03. The van der Waals surface area contributed by atoms with E-state index in [2.05, 4.69) is 21.8 Å². The fourth-order valence-corrected chi connectivity index (χ4v) is 1.04. The Hall–Kier alpha value is -0.990. The van der Waals surface area contributed by atoms with Crippen LogP contribution in [0, 0.1) is 6.92 Å². The van der Waals surface area contributed by atoms with E-state index in [9.17, 15) is 0 Å². The number of nitrogens with one attached hydrogen (secondary N) is 1.